The highest BCUT2D eigenvalue weighted by Crippen LogP contribution is 2.19. The van der Waals surface area contributed by atoms with Crippen molar-refractivity contribution in [2.24, 2.45) is 0 Å². The second-order valence-corrected chi connectivity index (χ2v) is 13.7. The molecular formula is C34H73NO3S. The number of quaternary nitrogens is 1. The minimum Gasteiger partial charge on any atom is -0.748 e. The van der Waals surface area contributed by atoms with Crippen molar-refractivity contribution < 1.29 is 17.5 Å². The van der Waals surface area contributed by atoms with E-state index in [-0.39, 0.29) is 5.75 Å². The summed E-state index contributed by atoms with van der Waals surface area (Å²) >= 11 is 0. The molecule has 39 heavy (non-hydrogen) atoms. The molecule has 0 saturated carbocycles. The summed E-state index contributed by atoms with van der Waals surface area (Å²) in [5.41, 5.74) is 0. The maximum atomic E-state index is 10.2. The normalized spacial score (nSPS) is 11.9. The summed E-state index contributed by atoms with van der Waals surface area (Å²) in [6, 6.07) is 0. The van der Waals surface area contributed by atoms with Crippen molar-refractivity contribution in [3.05, 3.63) is 0 Å². The van der Waals surface area contributed by atoms with Crippen LogP contribution in [0.25, 0.3) is 0 Å². The fourth-order valence-electron chi connectivity index (χ4n) is 5.58. The van der Waals surface area contributed by atoms with Crippen LogP contribution in [0.4, 0.5) is 0 Å². The number of unbranched alkanes of at least 4 members (excludes halogenated alkanes) is 19. The second kappa shape index (κ2) is 30.8. The van der Waals surface area contributed by atoms with Gasteiger partial charge in [0.2, 0.25) is 0 Å². The van der Waals surface area contributed by atoms with Gasteiger partial charge in [0.15, 0.2) is 0 Å². The van der Waals surface area contributed by atoms with Gasteiger partial charge < -0.3 is 9.04 Å². The van der Waals surface area contributed by atoms with Crippen molar-refractivity contribution in [2.75, 3.05) is 31.9 Å². The molecule has 0 aromatic heterocycles. The van der Waals surface area contributed by atoms with E-state index in [2.05, 4.69) is 34.6 Å². The number of hydrogen-bond donors (Lipinski definition) is 0. The Labute approximate surface area is 247 Å². The fraction of sp³-hybridized carbons (Fsp3) is 1.00. The van der Waals surface area contributed by atoms with Crippen LogP contribution in [-0.2, 0) is 10.1 Å². The molecule has 0 saturated heterocycles. The molecule has 0 unspecified atom stereocenters. The van der Waals surface area contributed by atoms with Crippen molar-refractivity contribution in [3.63, 3.8) is 0 Å². The van der Waals surface area contributed by atoms with E-state index in [9.17, 15) is 13.0 Å². The minimum atomic E-state index is -3.98. The maximum absolute atomic E-state index is 10.2. The summed E-state index contributed by atoms with van der Waals surface area (Å²) in [5.74, 6) is -0.193. The summed E-state index contributed by atoms with van der Waals surface area (Å²) in [6.07, 6.45) is 31.5. The van der Waals surface area contributed by atoms with Gasteiger partial charge in [0.1, 0.15) is 0 Å². The third-order valence-corrected chi connectivity index (χ3v) is 8.98. The predicted octanol–water partition coefficient (Wildman–Crippen LogP) is 10.8. The van der Waals surface area contributed by atoms with Gasteiger partial charge in [0, 0.05) is 5.75 Å². The maximum Gasteiger partial charge on any atom is 0.0945 e. The lowest BCUT2D eigenvalue weighted by molar-refractivity contribution is -0.929. The smallest absolute Gasteiger partial charge is 0.0945 e. The molecule has 0 atom stereocenters. The molecule has 0 aliphatic heterocycles. The van der Waals surface area contributed by atoms with Crippen LogP contribution < -0.4 is 0 Å². The molecule has 0 amide bonds. The first-order valence-corrected chi connectivity index (χ1v) is 19.2. The standard InChI is InChI=1S/C24H52N.C10H22O3S/c1-5-9-13-17-21-25(22-18-14-10-6-2,23-19-15-11-7-3)24-20-16-12-8-4;1-2-3-4-5-6-7-8-9-10-14(11,12)13/h5-24H2,1-4H3;2-10H2,1H3,(H,11,12,13)/q+1;/p-1. The first-order valence-electron chi connectivity index (χ1n) is 17.6. The minimum absolute atomic E-state index is 0.193. The Hall–Kier alpha value is -0.130. The van der Waals surface area contributed by atoms with Crippen LogP contribution in [0.3, 0.4) is 0 Å². The average Bonchev–Trinajstić information content (AvgIpc) is 2.91. The molecule has 0 bridgehead atoms. The van der Waals surface area contributed by atoms with E-state index in [4.69, 9.17) is 0 Å². The summed E-state index contributed by atoms with van der Waals surface area (Å²) in [4.78, 5) is 0. The van der Waals surface area contributed by atoms with Gasteiger partial charge >= 0.3 is 0 Å². The molecule has 0 aromatic carbocycles. The van der Waals surface area contributed by atoms with Crippen LogP contribution in [0.5, 0.6) is 0 Å². The summed E-state index contributed by atoms with van der Waals surface area (Å²) in [7, 11) is -3.98. The first-order chi connectivity index (χ1) is 18.8. The van der Waals surface area contributed by atoms with Gasteiger partial charge in [0.25, 0.3) is 0 Å². The molecule has 0 spiro atoms. The predicted molar refractivity (Wildman–Crippen MR) is 173 cm³/mol. The van der Waals surface area contributed by atoms with Gasteiger partial charge in [-0.25, -0.2) is 8.42 Å². The molecule has 0 aromatic rings. The van der Waals surface area contributed by atoms with Gasteiger partial charge in [-0.15, -0.1) is 0 Å². The Bertz CT molecular complexity index is 511. The van der Waals surface area contributed by atoms with E-state index in [0.717, 1.165) is 12.8 Å². The molecule has 0 aliphatic carbocycles. The van der Waals surface area contributed by atoms with Gasteiger partial charge in [-0.1, -0.05) is 131 Å². The Balaban J connectivity index is 0. The van der Waals surface area contributed by atoms with Crippen LogP contribution in [-0.4, -0.2) is 49.4 Å². The van der Waals surface area contributed by atoms with Gasteiger partial charge in [-0.3, -0.25) is 0 Å². The van der Waals surface area contributed by atoms with Crippen LogP contribution in [0.15, 0.2) is 0 Å². The van der Waals surface area contributed by atoms with Gasteiger partial charge in [-0.2, -0.15) is 0 Å². The third-order valence-electron chi connectivity index (χ3n) is 8.19. The molecule has 0 aliphatic rings. The van der Waals surface area contributed by atoms with Crippen LogP contribution in [0.1, 0.15) is 189 Å². The zero-order valence-electron chi connectivity index (χ0n) is 27.6. The van der Waals surface area contributed by atoms with Crippen molar-refractivity contribution in [1.29, 1.82) is 0 Å². The second-order valence-electron chi connectivity index (χ2n) is 12.2. The summed E-state index contributed by atoms with van der Waals surface area (Å²) in [6.45, 7) is 17.4. The molecule has 0 radical (unpaired) electrons. The quantitative estimate of drug-likeness (QED) is 0.0506. The van der Waals surface area contributed by atoms with E-state index in [0.29, 0.717) is 6.42 Å². The van der Waals surface area contributed by atoms with Crippen LogP contribution in [0.2, 0.25) is 0 Å². The molecular weight excluding hydrogens is 502 g/mol. The lowest BCUT2D eigenvalue weighted by Gasteiger charge is -2.39. The average molecular weight is 576 g/mol. The highest BCUT2D eigenvalue weighted by Gasteiger charge is 2.25. The number of nitrogens with zero attached hydrogens (tertiary/aromatic N) is 1. The van der Waals surface area contributed by atoms with Crippen molar-refractivity contribution in [3.8, 4) is 0 Å². The van der Waals surface area contributed by atoms with Crippen molar-refractivity contribution in [1.82, 2.24) is 0 Å². The zero-order valence-corrected chi connectivity index (χ0v) is 28.4. The molecule has 0 N–H and O–H groups in total. The first kappa shape index (κ1) is 41.0. The SMILES string of the molecule is CCCCCCCCCCS(=O)(=O)[O-].CCCCCC[N+](CCCCCC)(CCCCCC)CCCCCC. The molecule has 238 valence electrons. The van der Waals surface area contributed by atoms with E-state index in [1.54, 1.807) is 0 Å². The number of rotatable bonds is 29. The van der Waals surface area contributed by atoms with E-state index in [1.807, 2.05) is 0 Å². The largest absolute Gasteiger partial charge is 0.748 e. The van der Waals surface area contributed by atoms with Crippen molar-refractivity contribution in [2.45, 2.75) is 189 Å². The highest BCUT2D eigenvalue weighted by atomic mass is 32.2. The summed E-state index contributed by atoms with van der Waals surface area (Å²) in [5, 5.41) is 0. The van der Waals surface area contributed by atoms with Crippen LogP contribution >= 0.6 is 0 Å². The van der Waals surface area contributed by atoms with Crippen molar-refractivity contribution >= 4 is 10.1 Å². The number of hydrogen-bond acceptors (Lipinski definition) is 3. The zero-order chi connectivity index (χ0) is 29.5. The van der Waals surface area contributed by atoms with E-state index in [1.165, 1.54) is 165 Å². The third kappa shape index (κ3) is 32.2. The Morgan fingerprint density at radius 2 is 0.615 bits per heavy atom. The van der Waals surface area contributed by atoms with E-state index >= 15 is 0 Å². The molecule has 5 heteroatoms. The highest BCUT2D eigenvalue weighted by molar-refractivity contribution is 7.85. The fourth-order valence-corrected chi connectivity index (χ4v) is 6.14. The molecule has 0 rings (SSSR count). The van der Waals surface area contributed by atoms with E-state index < -0.39 is 10.1 Å². The monoisotopic (exact) mass is 576 g/mol. The molecule has 4 nitrogen and oxygen atoms in total. The van der Waals surface area contributed by atoms with Gasteiger partial charge in [-0.05, 0) is 57.8 Å². The topological polar surface area (TPSA) is 57.2 Å². The van der Waals surface area contributed by atoms with Crippen LogP contribution in [0, 0.1) is 0 Å². The molecule has 0 heterocycles. The summed E-state index contributed by atoms with van der Waals surface area (Å²) < 4.78 is 32.2. The molecule has 0 fully saturated rings. The Morgan fingerprint density at radius 1 is 0.385 bits per heavy atom. The lowest BCUT2D eigenvalue weighted by Crippen LogP contribution is -2.50. The lowest BCUT2D eigenvalue weighted by atomic mass is 10.1. The Morgan fingerprint density at radius 3 is 0.872 bits per heavy atom. The van der Waals surface area contributed by atoms with Gasteiger partial charge in [0.05, 0.1) is 36.3 Å². The Kier molecular flexibility index (Phi) is 32.4.